The van der Waals surface area contributed by atoms with Crippen molar-refractivity contribution >= 4 is 5.91 Å². The van der Waals surface area contributed by atoms with E-state index in [0.717, 1.165) is 24.9 Å². The van der Waals surface area contributed by atoms with E-state index in [1.54, 1.807) is 7.11 Å². The van der Waals surface area contributed by atoms with Crippen molar-refractivity contribution in [2.45, 2.75) is 45.7 Å². The molecule has 0 aliphatic heterocycles. The molecule has 0 aromatic heterocycles. The molecule has 0 fully saturated rings. The number of ether oxygens (including phenoxy) is 1. The molecule has 2 N–H and O–H groups in total. The van der Waals surface area contributed by atoms with Crippen LogP contribution in [0.3, 0.4) is 0 Å². The molecule has 1 unspecified atom stereocenters. The third-order valence-electron chi connectivity index (χ3n) is 3.48. The Morgan fingerprint density at radius 3 is 2.57 bits per heavy atom. The number of hydrogen-bond donors (Lipinski definition) is 1. The van der Waals surface area contributed by atoms with Crippen molar-refractivity contribution in [3.8, 4) is 0 Å². The van der Waals surface area contributed by atoms with Gasteiger partial charge in [-0.2, -0.15) is 0 Å². The van der Waals surface area contributed by atoms with E-state index in [1.165, 1.54) is 5.56 Å². The van der Waals surface area contributed by atoms with Crippen LogP contribution in [0.15, 0.2) is 24.3 Å². The van der Waals surface area contributed by atoms with Crippen molar-refractivity contribution in [1.82, 2.24) is 4.90 Å². The van der Waals surface area contributed by atoms with Gasteiger partial charge in [-0.25, -0.2) is 0 Å². The van der Waals surface area contributed by atoms with E-state index < -0.39 is 6.04 Å². The number of carbonyl (C=O) groups is 1. The molecule has 1 amide bonds. The zero-order valence-electron chi connectivity index (χ0n) is 13.5. The van der Waals surface area contributed by atoms with Crippen LogP contribution < -0.4 is 5.73 Å². The van der Waals surface area contributed by atoms with Crippen LogP contribution >= 0.6 is 0 Å². The highest BCUT2D eigenvalue weighted by Gasteiger charge is 2.20. The minimum Gasteiger partial charge on any atom is -0.385 e. The molecule has 0 radical (unpaired) electrons. The summed E-state index contributed by atoms with van der Waals surface area (Å²) in [5.74, 6) is 0.0357. The Balaban J connectivity index is 2.62. The Bertz CT molecular complexity index is 417. The first-order chi connectivity index (χ1) is 10.1. The molecule has 4 nitrogen and oxygen atoms in total. The molecule has 0 heterocycles. The Morgan fingerprint density at radius 1 is 1.33 bits per heavy atom. The van der Waals surface area contributed by atoms with Crippen LogP contribution in [0.1, 0.15) is 37.3 Å². The molecule has 1 aromatic rings. The third kappa shape index (κ3) is 6.27. The van der Waals surface area contributed by atoms with Gasteiger partial charge in [0, 0.05) is 26.8 Å². The second-order valence-corrected chi connectivity index (χ2v) is 5.49. The van der Waals surface area contributed by atoms with Crippen LogP contribution in [-0.2, 0) is 16.1 Å². The monoisotopic (exact) mass is 292 g/mol. The van der Waals surface area contributed by atoms with Crippen molar-refractivity contribution in [3.05, 3.63) is 35.4 Å². The number of hydrogen-bond acceptors (Lipinski definition) is 3. The maximum Gasteiger partial charge on any atom is 0.239 e. The summed E-state index contributed by atoms with van der Waals surface area (Å²) in [5.41, 5.74) is 8.39. The van der Waals surface area contributed by atoms with E-state index in [4.69, 9.17) is 10.5 Å². The van der Waals surface area contributed by atoms with Gasteiger partial charge in [-0.3, -0.25) is 4.79 Å². The van der Waals surface area contributed by atoms with Crippen molar-refractivity contribution in [1.29, 1.82) is 0 Å². The van der Waals surface area contributed by atoms with Gasteiger partial charge < -0.3 is 15.4 Å². The molecular weight excluding hydrogens is 264 g/mol. The van der Waals surface area contributed by atoms with Gasteiger partial charge in [0.15, 0.2) is 0 Å². The van der Waals surface area contributed by atoms with E-state index in [-0.39, 0.29) is 5.91 Å². The smallest absolute Gasteiger partial charge is 0.239 e. The van der Waals surface area contributed by atoms with E-state index >= 15 is 0 Å². The highest BCUT2D eigenvalue weighted by atomic mass is 16.5. The van der Waals surface area contributed by atoms with Gasteiger partial charge in [-0.1, -0.05) is 36.8 Å². The van der Waals surface area contributed by atoms with Gasteiger partial charge in [0.25, 0.3) is 0 Å². The van der Waals surface area contributed by atoms with Crippen LogP contribution in [0.4, 0.5) is 0 Å². The summed E-state index contributed by atoms with van der Waals surface area (Å²) in [6.45, 7) is 6.15. The predicted octanol–water partition coefficient (Wildman–Crippen LogP) is 2.49. The fourth-order valence-electron chi connectivity index (χ4n) is 2.26. The first kappa shape index (κ1) is 17.7. The van der Waals surface area contributed by atoms with E-state index in [1.807, 2.05) is 4.90 Å². The topological polar surface area (TPSA) is 55.6 Å². The average Bonchev–Trinajstić information content (AvgIpc) is 2.48. The average molecular weight is 292 g/mol. The molecule has 1 atom stereocenters. The lowest BCUT2D eigenvalue weighted by Crippen LogP contribution is -2.43. The fraction of sp³-hybridized carbons (Fsp3) is 0.588. The van der Waals surface area contributed by atoms with Crippen molar-refractivity contribution in [2.24, 2.45) is 5.73 Å². The first-order valence-corrected chi connectivity index (χ1v) is 7.67. The quantitative estimate of drug-likeness (QED) is 0.711. The molecule has 4 heteroatoms. The van der Waals surface area contributed by atoms with Crippen LogP contribution in [0.2, 0.25) is 0 Å². The molecule has 21 heavy (non-hydrogen) atoms. The van der Waals surface area contributed by atoms with Crippen LogP contribution in [-0.4, -0.2) is 37.1 Å². The minimum atomic E-state index is -0.433. The molecule has 1 rings (SSSR count). The number of amides is 1. The number of carbonyl (C=O) groups excluding carboxylic acids is 1. The Kier molecular flexibility index (Phi) is 8.01. The molecule has 0 saturated heterocycles. The van der Waals surface area contributed by atoms with E-state index in [9.17, 15) is 4.79 Å². The number of nitrogens with zero attached hydrogens (tertiary/aromatic N) is 1. The first-order valence-electron chi connectivity index (χ1n) is 7.67. The summed E-state index contributed by atoms with van der Waals surface area (Å²) in [6.07, 6.45) is 2.41. The summed E-state index contributed by atoms with van der Waals surface area (Å²) in [6, 6.07) is 7.85. The van der Waals surface area contributed by atoms with E-state index in [2.05, 4.69) is 38.1 Å². The van der Waals surface area contributed by atoms with Crippen molar-refractivity contribution in [2.75, 3.05) is 20.3 Å². The third-order valence-corrected chi connectivity index (χ3v) is 3.48. The molecule has 118 valence electrons. The largest absolute Gasteiger partial charge is 0.385 e. The van der Waals surface area contributed by atoms with Crippen LogP contribution in [0, 0.1) is 6.92 Å². The Labute approximate surface area is 128 Å². The maximum absolute atomic E-state index is 12.5. The second-order valence-electron chi connectivity index (χ2n) is 5.49. The van der Waals surface area contributed by atoms with Gasteiger partial charge in [0.1, 0.15) is 0 Å². The van der Waals surface area contributed by atoms with Gasteiger partial charge in [0.05, 0.1) is 6.04 Å². The minimum absolute atomic E-state index is 0.0357. The summed E-state index contributed by atoms with van der Waals surface area (Å²) in [5, 5.41) is 0. The zero-order chi connectivity index (χ0) is 15.7. The standard InChI is InChI=1S/C17H28N2O2/c1-4-11-19(13-15-9-7-14(2)8-10-15)17(20)16(18)6-5-12-21-3/h7-10,16H,4-6,11-13,18H2,1-3H3. The molecule has 0 bridgehead atoms. The molecular formula is C17H28N2O2. The number of benzene rings is 1. The normalized spacial score (nSPS) is 12.2. The number of rotatable bonds is 9. The molecule has 0 aliphatic rings. The second kappa shape index (κ2) is 9.53. The van der Waals surface area contributed by atoms with Crippen LogP contribution in [0.5, 0.6) is 0 Å². The fourth-order valence-corrected chi connectivity index (χ4v) is 2.26. The molecule has 0 saturated carbocycles. The van der Waals surface area contributed by atoms with Gasteiger partial charge in [-0.15, -0.1) is 0 Å². The zero-order valence-corrected chi connectivity index (χ0v) is 13.5. The summed E-state index contributed by atoms with van der Waals surface area (Å²) in [4.78, 5) is 14.3. The van der Waals surface area contributed by atoms with Crippen LogP contribution in [0.25, 0.3) is 0 Å². The van der Waals surface area contributed by atoms with Gasteiger partial charge in [-0.05, 0) is 31.7 Å². The molecule has 1 aromatic carbocycles. The number of methoxy groups -OCH3 is 1. The van der Waals surface area contributed by atoms with Gasteiger partial charge in [0.2, 0.25) is 5.91 Å². The number of aryl methyl sites for hydroxylation is 1. The van der Waals surface area contributed by atoms with Crippen molar-refractivity contribution < 1.29 is 9.53 Å². The lowest BCUT2D eigenvalue weighted by molar-refractivity contribution is -0.133. The molecule has 0 aliphatic carbocycles. The summed E-state index contributed by atoms with van der Waals surface area (Å²) in [7, 11) is 1.66. The summed E-state index contributed by atoms with van der Waals surface area (Å²) < 4.78 is 5.01. The molecule has 0 spiro atoms. The lowest BCUT2D eigenvalue weighted by Gasteiger charge is -2.25. The summed E-state index contributed by atoms with van der Waals surface area (Å²) >= 11 is 0. The van der Waals surface area contributed by atoms with E-state index in [0.29, 0.717) is 19.6 Å². The Hall–Kier alpha value is -1.39. The Morgan fingerprint density at radius 2 is 2.00 bits per heavy atom. The highest BCUT2D eigenvalue weighted by molar-refractivity contribution is 5.81. The maximum atomic E-state index is 12.5. The van der Waals surface area contributed by atoms with Gasteiger partial charge >= 0.3 is 0 Å². The lowest BCUT2D eigenvalue weighted by atomic mass is 10.1. The SMILES string of the molecule is CCCN(Cc1ccc(C)cc1)C(=O)C(N)CCCOC. The highest BCUT2D eigenvalue weighted by Crippen LogP contribution is 2.10. The predicted molar refractivity (Wildman–Crippen MR) is 86.0 cm³/mol. The van der Waals surface area contributed by atoms with Crippen molar-refractivity contribution in [3.63, 3.8) is 0 Å². The number of nitrogens with two attached hydrogens (primary N) is 1.